The molecule has 7 nitrogen and oxygen atoms in total. The summed E-state index contributed by atoms with van der Waals surface area (Å²) < 4.78 is 11.1. The van der Waals surface area contributed by atoms with Crippen LogP contribution in [0.25, 0.3) is 0 Å². The second-order valence-electron chi connectivity index (χ2n) is 7.21. The van der Waals surface area contributed by atoms with Crippen LogP contribution < -0.4 is 0 Å². The molecule has 0 saturated carbocycles. The first-order valence-electron chi connectivity index (χ1n) is 9.13. The summed E-state index contributed by atoms with van der Waals surface area (Å²) in [6.07, 6.45) is 2.89. The average molecular weight is 380 g/mol. The van der Waals surface area contributed by atoms with Gasteiger partial charge in [0.25, 0.3) is 0 Å². The Balaban J connectivity index is 2.34. The smallest absolute Gasteiger partial charge is 0.336 e. The number of hydrogen-bond acceptors (Lipinski definition) is 7. The number of fused-ring (bicyclic) bond motifs is 1. The molecule has 1 aliphatic carbocycles. The summed E-state index contributed by atoms with van der Waals surface area (Å²) in [5, 5.41) is 28.2. The van der Waals surface area contributed by atoms with Crippen LogP contribution in [0.3, 0.4) is 0 Å². The number of carbonyl (C=O) groups excluding carboxylic acids is 2. The van der Waals surface area contributed by atoms with Crippen LogP contribution in [-0.2, 0) is 19.1 Å². The van der Waals surface area contributed by atoms with Gasteiger partial charge in [0.05, 0.1) is 30.6 Å². The molecule has 5 atom stereocenters. The van der Waals surface area contributed by atoms with Gasteiger partial charge in [-0.15, -0.1) is 0 Å². The standard InChI is InChI=1S/C20H28O7/c1-11-5-4-6-14(9-21)8-17-18(13(3)20(25)27-17)16(7-11)26-19(24)12(2)15(23)10-22/h5,8,13,15-18,21-23H,2,4,6-7,9-10H2,1,3H3/b11-5+,14-8-/t13-,15+,16-,17+,18+/m0/s1. The minimum absolute atomic E-state index is 0.133. The van der Waals surface area contributed by atoms with Gasteiger partial charge in [0.15, 0.2) is 0 Å². The second-order valence-corrected chi connectivity index (χ2v) is 7.21. The lowest BCUT2D eigenvalue weighted by Crippen LogP contribution is -2.37. The van der Waals surface area contributed by atoms with Crippen LogP contribution >= 0.6 is 0 Å². The second kappa shape index (κ2) is 9.30. The zero-order valence-electron chi connectivity index (χ0n) is 15.8. The fourth-order valence-electron chi connectivity index (χ4n) is 3.51. The molecule has 0 aromatic heterocycles. The van der Waals surface area contributed by atoms with Gasteiger partial charge in [-0.1, -0.05) is 25.2 Å². The van der Waals surface area contributed by atoms with E-state index in [-0.39, 0.29) is 18.1 Å². The van der Waals surface area contributed by atoms with Crippen molar-refractivity contribution in [2.24, 2.45) is 11.8 Å². The topological polar surface area (TPSA) is 113 Å². The Morgan fingerprint density at radius 2 is 2.15 bits per heavy atom. The Labute approximate surface area is 159 Å². The van der Waals surface area contributed by atoms with E-state index in [1.807, 2.05) is 13.0 Å². The third kappa shape index (κ3) is 5.06. The zero-order valence-corrected chi connectivity index (χ0v) is 15.8. The van der Waals surface area contributed by atoms with E-state index in [0.717, 1.165) is 17.6 Å². The molecule has 150 valence electrons. The molecular weight excluding hydrogens is 352 g/mol. The summed E-state index contributed by atoms with van der Waals surface area (Å²) in [5.41, 5.74) is 1.52. The van der Waals surface area contributed by atoms with E-state index < -0.39 is 42.7 Å². The van der Waals surface area contributed by atoms with Crippen LogP contribution in [0, 0.1) is 11.8 Å². The van der Waals surface area contributed by atoms with E-state index >= 15 is 0 Å². The number of hydrogen-bond donors (Lipinski definition) is 3. The average Bonchev–Trinajstić information content (AvgIpc) is 2.92. The zero-order chi connectivity index (χ0) is 20.1. The molecule has 2 rings (SSSR count). The monoisotopic (exact) mass is 380 g/mol. The highest BCUT2D eigenvalue weighted by Crippen LogP contribution is 2.37. The number of esters is 2. The van der Waals surface area contributed by atoms with Crippen molar-refractivity contribution in [2.45, 2.75) is 51.4 Å². The fourth-order valence-corrected chi connectivity index (χ4v) is 3.51. The van der Waals surface area contributed by atoms with Crippen molar-refractivity contribution in [3.8, 4) is 0 Å². The molecule has 0 aromatic carbocycles. The van der Waals surface area contributed by atoms with Crippen molar-refractivity contribution in [3.63, 3.8) is 0 Å². The van der Waals surface area contributed by atoms with Crippen LogP contribution in [0.1, 0.15) is 33.1 Å². The highest BCUT2D eigenvalue weighted by molar-refractivity contribution is 5.89. The number of allylic oxidation sites excluding steroid dienone is 1. The van der Waals surface area contributed by atoms with Crippen molar-refractivity contribution < 1.29 is 34.4 Å². The highest BCUT2D eigenvalue weighted by Gasteiger charge is 2.47. The molecule has 0 unspecified atom stereocenters. The minimum Gasteiger partial charge on any atom is -0.458 e. The Hall–Kier alpha value is -1.96. The maximum Gasteiger partial charge on any atom is 0.336 e. The molecule has 2 aliphatic rings. The van der Waals surface area contributed by atoms with E-state index in [0.29, 0.717) is 12.8 Å². The maximum atomic E-state index is 12.4. The number of aliphatic hydroxyl groups excluding tert-OH is 3. The molecule has 0 spiro atoms. The summed E-state index contributed by atoms with van der Waals surface area (Å²) in [6, 6.07) is 0. The predicted octanol–water partition coefficient (Wildman–Crippen LogP) is 1.03. The Kier molecular flexibility index (Phi) is 7.35. The first kappa shape index (κ1) is 21.3. The summed E-state index contributed by atoms with van der Waals surface area (Å²) in [7, 11) is 0. The molecule has 1 heterocycles. The molecule has 0 bridgehead atoms. The lowest BCUT2D eigenvalue weighted by molar-refractivity contribution is -0.149. The SMILES string of the molecule is C=C(C(=O)O[C@H]1C/C(C)=C/CC/C(CO)=C/[C@H]2OC(=O)[C@@H](C)[C@H]12)[C@H](O)CO. The van der Waals surface area contributed by atoms with Gasteiger partial charge in [0.1, 0.15) is 18.3 Å². The fraction of sp³-hybridized carbons (Fsp3) is 0.600. The molecule has 7 heteroatoms. The highest BCUT2D eigenvalue weighted by atomic mass is 16.6. The van der Waals surface area contributed by atoms with Gasteiger partial charge in [0.2, 0.25) is 0 Å². The van der Waals surface area contributed by atoms with Crippen molar-refractivity contribution >= 4 is 11.9 Å². The molecule has 1 fully saturated rings. The predicted molar refractivity (Wildman–Crippen MR) is 97.4 cm³/mol. The summed E-state index contributed by atoms with van der Waals surface area (Å²) >= 11 is 0. The normalized spacial score (nSPS) is 33.6. The maximum absolute atomic E-state index is 12.4. The summed E-state index contributed by atoms with van der Waals surface area (Å²) in [6.45, 7) is 6.36. The Morgan fingerprint density at radius 3 is 2.78 bits per heavy atom. The molecule has 27 heavy (non-hydrogen) atoms. The van der Waals surface area contributed by atoms with Crippen molar-refractivity contribution in [1.29, 1.82) is 0 Å². The lowest BCUT2D eigenvalue weighted by Gasteiger charge is -2.29. The van der Waals surface area contributed by atoms with E-state index in [9.17, 15) is 19.8 Å². The van der Waals surface area contributed by atoms with E-state index in [4.69, 9.17) is 14.6 Å². The van der Waals surface area contributed by atoms with Gasteiger partial charge in [-0.05, 0) is 31.4 Å². The van der Waals surface area contributed by atoms with Gasteiger partial charge >= 0.3 is 11.9 Å². The van der Waals surface area contributed by atoms with Crippen molar-refractivity contribution in [2.75, 3.05) is 13.2 Å². The van der Waals surface area contributed by atoms with E-state index in [1.54, 1.807) is 13.0 Å². The summed E-state index contributed by atoms with van der Waals surface area (Å²) in [5.74, 6) is -2.12. The van der Waals surface area contributed by atoms with Gasteiger partial charge in [-0.25, -0.2) is 4.79 Å². The first-order valence-corrected chi connectivity index (χ1v) is 9.13. The molecule has 3 N–H and O–H groups in total. The van der Waals surface area contributed by atoms with Crippen LogP contribution in [0.4, 0.5) is 0 Å². The molecule has 1 aliphatic heterocycles. The Morgan fingerprint density at radius 1 is 1.44 bits per heavy atom. The molecule has 0 radical (unpaired) electrons. The molecular formula is C20H28O7. The van der Waals surface area contributed by atoms with E-state index in [2.05, 4.69) is 6.58 Å². The van der Waals surface area contributed by atoms with Crippen LogP contribution in [0.2, 0.25) is 0 Å². The molecule has 1 saturated heterocycles. The Bertz CT molecular complexity index is 649. The third-order valence-electron chi connectivity index (χ3n) is 5.19. The van der Waals surface area contributed by atoms with Crippen LogP contribution in [-0.4, -0.2) is 58.8 Å². The quantitative estimate of drug-likeness (QED) is 0.371. The largest absolute Gasteiger partial charge is 0.458 e. The first-order chi connectivity index (χ1) is 12.8. The molecule has 0 aromatic rings. The summed E-state index contributed by atoms with van der Waals surface area (Å²) in [4.78, 5) is 24.5. The van der Waals surface area contributed by atoms with Crippen LogP contribution in [0.15, 0.2) is 35.5 Å². The minimum atomic E-state index is -1.40. The van der Waals surface area contributed by atoms with Gasteiger partial charge in [-0.3, -0.25) is 4.79 Å². The van der Waals surface area contributed by atoms with E-state index in [1.165, 1.54) is 0 Å². The van der Waals surface area contributed by atoms with Gasteiger partial charge in [-0.2, -0.15) is 0 Å². The van der Waals surface area contributed by atoms with Gasteiger partial charge < -0.3 is 24.8 Å². The molecule has 0 amide bonds. The lowest BCUT2D eigenvalue weighted by atomic mass is 9.82. The van der Waals surface area contributed by atoms with Crippen molar-refractivity contribution in [1.82, 2.24) is 0 Å². The van der Waals surface area contributed by atoms with Crippen LogP contribution in [0.5, 0.6) is 0 Å². The number of rotatable bonds is 5. The van der Waals surface area contributed by atoms with Crippen molar-refractivity contribution in [3.05, 3.63) is 35.5 Å². The van der Waals surface area contributed by atoms with Gasteiger partial charge in [0, 0.05) is 6.42 Å². The number of carbonyl (C=O) groups is 2. The number of ether oxygens (including phenoxy) is 2. The third-order valence-corrected chi connectivity index (χ3v) is 5.19. The number of aliphatic hydroxyl groups is 3.